The quantitative estimate of drug-likeness (QED) is 0.769. The van der Waals surface area contributed by atoms with Crippen molar-refractivity contribution in [2.45, 2.75) is 70.3 Å². The molecule has 0 aliphatic heterocycles. The van der Waals surface area contributed by atoms with Gasteiger partial charge in [0.05, 0.1) is 5.54 Å². The number of hydrogen-bond acceptors (Lipinski definition) is 1. The lowest BCUT2D eigenvalue weighted by molar-refractivity contribution is -0.133. The Morgan fingerprint density at radius 1 is 1.06 bits per heavy atom. The molecule has 17 heavy (non-hydrogen) atoms. The molecule has 0 aromatic heterocycles. The van der Waals surface area contributed by atoms with Gasteiger partial charge in [0, 0.05) is 11.3 Å². The fourth-order valence-electron chi connectivity index (χ4n) is 3.29. The first-order chi connectivity index (χ1) is 8.10. The van der Waals surface area contributed by atoms with Gasteiger partial charge >= 0.3 is 0 Å². The molecule has 0 atom stereocenters. The molecule has 2 nitrogen and oxygen atoms in total. The van der Waals surface area contributed by atoms with Crippen LogP contribution in [-0.4, -0.2) is 17.3 Å². The van der Waals surface area contributed by atoms with Crippen LogP contribution in [0.1, 0.15) is 64.7 Å². The van der Waals surface area contributed by atoms with Gasteiger partial charge in [0.15, 0.2) is 0 Å². The summed E-state index contributed by atoms with van der Waals surface area (Å²) in [6.45, 7) is 2.12. The van der Waals surface area contributed by atoms with Crippen molar-refractivity contribution in [3.8, 4) is 0 Å². The number of hydrogen-bond donors (Lipinski definition) is 1. The van der Waals surface area contributed by atoms with Crippen LogP contribution in [0.4, 0.5) is 0 Å². The molecule has 0 radical (unpaired) electrons. The highest BCUT2D eigenvalue weighted by Crippen LogP contribution is 2.38. The Labute approximate surface area is 109 Å². The molecule has 0 unspecified atom stereocenters. The van der Waals surface area contributed by atoms with Crippen LogP contribution in [0.2, 0.25) is 0 Å². The van der Waals surface area contributed by atoms with Gasteiger partial charge in [-0.05, 0) is 25.7 Å². The topological polar surface area (TPSA) is 29.1 Å². The van der Waals surface area contributed by atoms with E-state index in [2.05, 4.69) is 12.2 Å². The molecule has 0 bridgehead atoms. The first-order valence-corrected chi connectivity index (χ1v) is 7.52. The molecule has 0 aromatic carbocycles. The minimum atomic E-state index is -0.139. The number of amides is 1. The lowest BCUT2D eigenvalue weighted by Gasteiger charge is -2.37. The zero-order valence-corrected chi connectivity index (χ0v) is 11.6. The highest BCUT2D eigenvalue weighted by atomic mass is 35.5. The summed E-state index contributed by atoms with van der Waals surface area (Å²) in [5.74, 6) is 0.814. The highest BCUT2D eigenvalue weighted by molar-refractivity contribution is 6.18. The van der Waals surface area contributed by atoms with Crippen molar-refractivity contribution in [3.05, 3.63) is 0 Å². The lowest BCUT2D eigenvalue weighted by Crippen LogP contribution is -2.53. The Kier molecular flexibility index (Phi) is 4.02. The van der Waals surface area contributed by atoms with E-state index in [0.717, 1.165) is 25.7 Å². The molecular formula is C14H24ClNO. The molecular weight excluding hydrogens is 234 g/mol. The molecule has 2 rings (SSSR count). The highest BCUT2D eigenvalue weighted by Gasteiger charge is 2.41. The number of nitrogens with one attached hydrogen (secondary N) is 1. The van der Waals surface area contributed by atoms with Crippen LogP contribution in [0.5, 0.6) is 0 Å². The van der Waals surface area contributed by atoms with Gasteiger partial charge in [-0.25, -0.2) is 0 Å². The third-order valence-electron chi connectivity index (χ3n) is 4.70. The van der Waals surface area contributed by atoms with Gasteiger partial charge in [0.2, 0.25) is 5.91 Å². The monoisotopic (exact) mass is 257 g/mol. The average molecular weight is 258 g/mol. The van der Waals surface area contributed by atoms with Crippen molar-refractivity contribution in [1.29, 1.82) is 0 Å². The van der Waals surface area contributed by atoms with E-state index < -0.39 is 0 Å². The summed E-state index contributed by atoms with van der Waals surface area (Å²) >= 11 is 6.08. The molecule has 0 spiro atoms. The number of halogens is 1. The Bertz CT molecular complexity index is 278. The minimum Gasteiger partial charge on any atom is -0.349 e. The average Bonchev–Trinajstić information content (AvgIpc) is 2.79. The van der Waals surface area contributed by atoms with E-state index in [1.54, 1.807) is 0 Å². The Hall–Kier alpha value is -0.240. The lowest BCUT2D eigenvalue weighted by atomic mass is 9.74. The number of rotatable bonds is 3. The van der Waals surface area contributed by atoms with E-state index in [1.165, 1.54) is 32.1 Å². The molecule has 3 heteroatoms. The molecule has 0 heterocycles. The van der Waals surface area contributed by atoms with Crippen LogP contribution >= 0.6 is 11.6 Å². The molecule has 98 valence electrons. The van der Waals surface area contributed by atoms with Crippen molar-refractivity contribution in [1.82, 2.24) is 5.32 Å². The largest absolute Gasteiger partial charge is 0.349 e. The summed E-state index contributed by atoms with van der Waals surface area (Å²) in [7, 11) is 0. The molecule has 0 aromatic rings. The van der Waals surface area contributed by atoms with Gasteiger partial charge in [-0.3, -0.25) is 4.79 Å². The minimum absolute atomic E-state index is 0.0981. The van der Waals surface area contributed by atoms with Crippen LogP contribution in [-0.2, 0) is 4.79 Å². The summed E-state index contributed by atoms with van der Waals surface area (Å²) in [6, 6.07) is 0. The smallest absolute Gasteiger partial charge is 0.226 e. The summed E-state index contributed by atoms with van der Waals surface area (Å²) in [6.07, 6.45) is 10.2. The van der Waals surface area contributed by atoms with Crippen molar-refractivity contribution in [2.75, 3.05) is 5.88 Å². The first-order valence-electron chi connectivity index (χ1n) is 6.99. The number of carbonyl (C=O) groups is 1. The zero-order valence-electron chi connectivity index (χ0n) is 10.9. The standard InChI is InChI=1S/C14H24ClNO/c1-13(7-3-2-4-8-13)12(17)16-14(11-15)9-5-6-10-14/h2-11H2,1H3,(H,16,17). The van der Waals surface area contributed by atoms with E-state index in [9.17, 15) is 4.79 Å². The van der Waals surface area contributed by atoms with Crippen molar-refractivity contribution < 1.29 is 4.79 Å². The van der Waals surface area contributed by atoms with Crippen LogP contribution in [0.15, 0.2) is 0 Å². The predicted octanol–water partition coefficient (Wildman–Crippen LogP) is 3.62. The number of carbonyl (C=O) groups excluding carboxylic acids is 1. The summed E-state index contributed by atoms with van der Waals surface area (Å²) in [5.41, 5.74) is -0.237. The van der Waals surface area contributed by atoms with Gasteiger partial charge in [-0.1, -0.05) is 39.0 Å². The van der Waals surface area contributed by atoms with E-state index in [1.807, 2.05) is 0 Å². The molecule has 2 fully saturated rings. The first kappa shape index (κ1) is 13.2. The Morgan fingerprint density at radius 3 is 2.12 bits per heavy atom. The maximum atomic E-state index is 12.5. The summed E-state index contributed by atoms with van der Waals surface area (Å²) in [4.78, 5) is 12.5. The normalized spacial score (nSPS) is 26.7. The van der Waals surface area contributed by atoms with Gasteiger partial charge in [0.25, 0.3) is 0 Å². The molecule has 0 saturated heterocycles. The Morgan fingerprint density at radius 2 is 1.59 bits per heavy atom. The van der Waals surface area contributed by atoms with Crippen LogP contribution in [0.3, 0.4) is 0 Å². The number of alkyl halides is 1. The summed E-state index contributed by atoms with van der Waals surface area (Å²) in [5, 5.41) is 3.28. The van der Waals surface area contributed by atoms with Gasteiger partial charge < -0.3 is 5.32 Å². The third-order valence-corrected chi connectivity index (χ3v) is 5.21. The van der Waals surface area contributed by atoms with Gasteiger partial charge in [0.1, 0.15) is 0 Å². The maximum Gasteiger partial charge on any atom is 0.226 e. The summed E-state index contributed by atoms with van der Waals surface area (Å²) < 4.78 is 0. The van der Waals surface area contributed by atoms with Crippen molar-refractivity contribution >= 4 is 17.5 Å². The molecule has 2 aliphatic carbocycles. The fourth-order valence-corrected chi connectivity index (χ4v) is 3.63. The molecule has 2 aliphatic rings. The molecule has 2 saturated carbocycles. The van der Waals surface area contributed by atoms with E-state index in [0.29, 0.717) is 5.88 Å². The molecule has 1 N–H and O–H groups in total. The van der Waals surface area contributed by atoms with Gasteiger partial charge in [-0.15, -0.1) is 11.6 Å². The Balaban J connectivity index is 1.99. The van der Waals surface area contributed by atoms with E-state index in [4.69, 9.17) is 11.6 Å². The van der Waals surface area contributed by atoms with E-state index in [-0.39, 0.29) is 16.9 Å². The van der Waals surface area contributed by atoms with Crippen LogP contribution in [0, 0.1) is 5.41 Å². The fraction of sp³-hybridized carbons (Fsp3) is 0.929. The second-order valence-corrected chi connectivity index (χ2v) is 6.46. The van der Waals surface area contributed by atoms with Gasteiger partial charge in [-0.2, -0.15) is 0 Å². The van der Waals surface area contributed by atoms with Crippen molar-refractivity contribution in [2.24, 2.45) is 5.41 Å². The predicted molar refractivity (Wildman–Crippen MR) is 71.3 cm³/mol. The maximum absolute atomic E-state index is 12.5. The van der Waals surface area contributed by atoms with Crippen LogP contribution in [0.25, 0.3) is 0 Å². The zero-order chi connectivity index (χ0) is 12.4. The SMILES string of the molecule is CC1(C(=O)NC2(CCl)CCCC2)CCCCC1. The second kappa shape index (κ2) is 5.17. The van der Waals surface area contributed by atoms with Crippen LogP contribution < -0.4 is 5.32 Å². The third kappa shape index (κ3) is 2.78. The second-order valence-electron chi connectivity index (χ2n) is 6.20. The van der Waals surface area contributed by atoms with Crippen molar-refractivity contribution in [3.63, 3.8) is 0 Å². The molecule has 1 amide bonds. The van der Waals surface area contributed by atoms with E-state index >= 15 is 0 Å².